The molecule has 1 aliphatic heterocycles. The zero-order valence-corrected chi connectivity index (χ0v) is 15.3. The molecule has 4 rings (SSSR count). The van der Waals surface area contributed by atoms with Crippen molar-refractivity contribution in [2.24, 2.45) is 5.92 Å². The molecule has 2 atom stereocenters. The van der Waals surface area contributed by atoms with E-state index in [2.05, 4.69) is 6.92 Å². The fraction of sp³-hybridized carbons (Fsp3) is 0.286. The summed E-state index contributed by atoms with van der Waals surface area (Å²) in [4.78, 5) is 40.1. The number of rotatable bonds is 6. The summed E-state index contributed by atoms with van der Waals surface area (Å²) in [5.74, 6) is -0.170. The number of ketones is 1. The number of Topliss-reactive ketones (excluding diaryl/α,β-unsaturated/α-hetero) is 1. The summed E-state index contributed by atoms with van der Waals surface area (Å²) < 4.78 is -0.417. The molecule has 0 spiro atoms. The quantitative estimate of drug-likeness (QED) is 0.731. The van der Waals surface area contributed by atoms with Gasteiger partial charge >= 0.3 is 0 Å². The van der Waals surface area contributed by atoms with Crippen molar-refractivity contribution in [1.29, 1.82) is 0 Å². The Morgan fingerprint density at radius 2 is 1.58 bits per heavy atom. The molecule has 1 fully saturated rings. The topological polar surface area (TPSA) is 54.5 Å². The molecule has 0 saturated heterocycles. The number of hydrogen-bond acceptors (Lipinski definition) is 4. The second kappa shape index (κ2) is 6.40. The third-order valence-electron chi connectivity index (χ3n) is 5.20. The molecule has 2 aliphatic rings. The van der Waals surface area contributed by atoms with Crippen LogP contribution in [0.5, 0.6) is 0 Å². The van der Waals surface area contributed by atoms with Crippen molar-refractivity contribution in [2.75, 3.05) is 6.54 Å². The molecule has 0 bridgehead atoms. The Balaban J connectivity index is 1.44. The maximum Gasteiger partial charge on any atom is 0.261 e. The molecular formula is C21H19NO3S. The number of benzene rings is 2. The van der Waals surface area contributed by atoms with E-state index >= 15 is 0 Å². The van der Waals surface area contributed by atoms with Crippen LogP contribution >= 0.6 is 11.8 Å². The number of amides is 2. The molecule has 26 heavy (non-hydrogen) atoms. The lowest BCUT2D eigenvalue weighted by molar-refractivity contribution is -0.119. The largest absolute Gasteiger partial charge is 0.298 e. The third-order valence-corrected chi connectivity index (χ3v) is 6.87. The van der Waals surface area contributed by atoms with Gasteiger partial charge in [0.1, 0.15) is 0 Å². The van der Waals surface area contributed by atoms with Crippen molar-refractivity contribution in [2.45, 2.75) is 29.4 Å². The Kier molecular flexibility index (Phi) is 4.19. The van der Waals surface area contributed by atoms with Gasteiger partial charge < -0.3 is 0 Å². The molecule has 2 aromatic carbocycles. The van der Waals surface area contributed by atoms with Gasteiger partial charge in [0.2, 0.25) is 0 Å². The van der Waals surface area contributed by atoms with Crippen LogP contribution in [0, 0.1) is 5.92 Å². The fourth-order valence-corrected chi connectivity index (χ4v) is 5.01. The minimum absolute atomic E-state index is 0.121. The molecule has 132 valence electrons. The van der Waals surface area contributed by atoms with Gasteiger partial charge in [-0.1, -0.05) is 37.3 Å². The van der Waals surface area contributed by atoms with Crippen LogP contribution in [0.4, 0.5) is 0 Å². The lowest BCUT2D eigenvalue weighted by atomic mass is 10.1. The Morgan fingerprint density at radius 3 is 2.12 bits per heavy atom. The van der Waals surface area contributed by atoms with Crippen molar-refractivity contribution in [3.63, 3.8) is 0 Å². The van der Waals surface area contributed by atoms with Crippen LogP contribution in [0.2, 0.25) is 0 Å². The predicted octanol–water partition coefficient (Wildman–Crippen LogP) is 3.81. The number of carbonyl (C=O) groups is 3. The SMILES string of the molecule is C[C@H]1C[C@@]1(Sc1ccccc1)C(=O)CCN1C(=O)c2ccccc2C1=O. The number of fused-ring (bicyclic) bond motifs is 1. The smallest absolute Gasteiger partial charge is 0.261 e. The molecule has 1 saturated carbocycles. The van der Waals surface area contributed by atoms with Crippen molar-refractivity contribution in [3.8, 4) is 0 Å². The fourth-order valence-electron chi connectivity index (χ4n) is 3.55. The summed E-state index contributed by atoms with van der Waals surface area (Å²) in [6.07, 6.45) is 1.04. The summed E-state index contributed by atoms with van der Waals surface area (Å²) in [7, 11) is 0. The lowest BCUT2D eigenvalue weighted by Gasteiger charge is -2.18. The summed E-state index contributed by atoms with van der Waals surface area (Å²) in [6, 6.07) is 16.7. The van der Waals surface area contributed by atoms with E-state index in [1.807, 2.05) is 30.3 Å². The average Bonchev–Trinajstić information content (AvgIpc) is 3.25. The van der Waals surface area contributed by atoms with Crippen molar-refractivity contribution >= 4 is 29.4 Å². The number of nitrogens with zero attached hydrogens (tertiary/aromatic N) is 1. The summed E-state index contributed by atoms with van der Waals surface area (Å²) in [5.41, 5.74) is 0.858. The van der Waals surface area contributed by atoms with Gasteiger partial charge in [-0.05, 0) is 36.6 Å². The van der Waals surface area contributed by atoms with Crippen LogP contribution in [0.1, 0.15) is 40.5 Å². The minimum atomic E-state index is -0.417. The molecule has 0 N–H and O–H groups in total. The Hall–Kier alpha value is -2.40. The maximum absolute atomic E-state index is 12.9. The highest BCUT2D eigenvalue weighted by Gasteiger charge is 2.57. The van der Waals surface area contributed by atoms with Crippen molar-refractivity contribution in [3.05, 3.63) is 65.7 Å². The minimum Gasteiger partial charge on any atom is -0.298 e. The molecule has 0 unspecified atom stereocenters. The number of hydrogen-bond donors (Lipinski definition) is 0. The van der Waals surface area contributed by atoms with Crippen LogP contribution in [0.25, 0.3) is 0 Å². The molecular weight excluding hydrogens is 346 g/mol. The van der Waals surface area contributed by atoms with Crippen molar-refractivity contribution in [1.82, 2.24) is 4.90 Å². The molecule has 0 aromatic heterocycles. The number of carbonyl (C=O) groups excluding carboxylic acids is 3. The van der Waals surface area contributed by atoms with Gasteiger partial charge in [0.25, 0.3) is 11.8 Å². The molecule has 2 aromatic rings. The highest BCUT2D eigenvalue weighted by molar-refractivity contribution is 8.01. The first-order valence-corrected chi connectivity index (χ1v) is 9.57. The van der Waals surface area contributed by atoms with E-state index in [-0.39, 0.29) is 30.6 Å². The first-order chi connectivity index (χ1) is 12.5. The van der Waals surface area contributed by atoms with E-state index in [1.54, 1.807) is 36.0 Å². The second-order valence-corrected chi connectivity index (χ2v) is 8.29. The van der Waals surface area contributed by atoms with Gasteiger partial charge in [-0.3, -0.25) is 19.3 Å². The third kappa shape index (κ3) is 2.76. The molecule has 4 nitrogen and oxygen atoms in total. The molecule has 0 radical (unpaired) electrons. The average molecular weight is 365 g/mol. The number of imide groups is 1. The van der Waals surface area contributed by atoms with Gasteiger partial charge in [-0.15, -0.1) is 11.8 Å². The monoisotopic (exact) mass is 365 g/mol. The van der Waals surface area contributed by atoms with Gasteiger partial charge in [-0.2, -0.15) is 0 Å². The van der Waals surface area contributed by atoms with Crippen LogP contribution < -0.4 is 0 Å². The van der Waals surface area contributed by atoms with Crippen LogP contribution in [-0.4, -0.2) is 33.8 Å². The summed E-state index contributed by atoms with van der Waals surface area (Å²) in [5, 5.41) is 0. The first-order valence-electron chi connectivity index (χ1n) is 8.75. The zero-order chi connectivity index (χ0) is 18.3. The lowest BCUT2D eigenvalue weighted by Crippen LogP contribution is -2.34. The maximum atomic E-state index is 12.9. The van der Waals surface area contributed by atoms with Crippen LogP contribution in [0.15, 0.2) is 59.5 Å². The molecule has 1 heterocycles. The van der Waals surface area contributed by atoms with E-state index in [1.165, 1.54) is 4.90 Å². The van der Waals surface area contributed by atoms with E-state index < -0.39 is 4.75 Å². The van der Waals surface area contributed by atoms with Crippen LogP contribution in [-0.2, 0) is 4.79 Å². The van der Waals surface area contributed by atoms with Crippen molar-refractivity contribution < 1.29 is 14.4 Å². The van der Waals surface area contributed by atoms with E-state index in [0.29, 0.717) is 17.0 Å². The van der Waals surface area contributed by atoms with Crippen LogP contribution in [0.3, 0.4) is 0 Å². The molecule has 1 aliphatic carbocycles. The van der Waals surface area contributed by atoms with E-state index in [4.69, 9.17) is 0 Å². The van der Waals surface area contributed by atoms with E-state index in [9.17, 15) is 14.4 Å². The highest BCUT2D eigenvalue weighted by atomic mass is 32.2. The molecule has 5 heteroatoms. The van der Waals surface area contributed by atoms with E-state index in [0.717, 1.165) is 11.3 Å². The molecule has 2 amide bonds. The first kappa shape index (κ1) is 17.0. The highest BCUT2D eigenvalue weighted by Crippen LogP contribution is 2.57. The van der Waals surface area contributed by atoms with Gasteiger partial charge in [-0.25, -0.2) is 0 Å². The number of thioether (sulfide) groups is 1. The summed E-state index contributed by atoms with van der Waals surface area (Å²) in [6.45, 7) is 2.23. The normalized spacial score (nSPS) is 23.9. The van der Waals surface area contributed by atoms with Gasteiger partial charge in [0, 0.05) is 17.9 Å². The Morgan fingerprint density at radius 1 is 1.04 bits per heavy atom. The Bertz CT molecular complexity index is 860. The second-order valence-electron chi connectivity index (χ2n) is 6.89. The predicted molar refractivity (Wildman–Crippen MR) is 100 cm³/mol. The van der Waals surface area contributed by atoms with Gasteiger partial charge in [0.15, 0.2) is 5.78 Å². The van der Waals surface area contributed by atoms with Gasteiger partial charge in [0.05, 0.1) is 15.9 Å². The summed E-state index contributed by atoms with van der Waals surface area (Å²) >= 11 is 1.61. The zero-order valence-electron chi connectivity index (χ0n) is 14.5. The Labute approximate surface area is 156 Å². The standard InChI is InChI=1S/C21H19NO3S/c1-14-13-21(14,26-15-7-3-2-4-8-15)18(23)11-12-22-19(24)16-9-5-6-10-17(16)20(22)25/h2-10,14H,11-13H2,1H3/t14-,21-/m0/s1.